The average Bonchev–Trinajstić information content (AvgIpc) is 2.36. The number of thiol groups is 1. The van der Waals surface area contributed by atoms with E-state index in [2.05, 4.69) is 26.5 Å². The number of hydrogen-bond acceptors (Lipinski definition) is 3. The summed E-state index contributed by atoms with van der Waals surface area (Å²) >= 11 is 4.40. The summed E-state index contributed by atoms with van der Waals surface area (Å²) in [5.41, 5.74) is 0.0367. The third-order valence-electron chi connectivity index (χ3n) is 3.88. The molecule has 1 rings (SSSR count). The molecule has 0 radical (unpaired) electrons. The lowest BCUT2D eigenvalue weighted by Crippen LogP contribution is -2.55. The summed E-state index contributed by atoms with van der Waals surface area (Å²) in [6.07, 6.45) is 1.95. The van der Waals surface area contributed by atoms with Crippen LogP contribution in [-0.2, 0) is 9.59 Å². The van der Waals surface area contributed by atoms with Crippen molar-refractivity contribution < 1.29 is 9.59 Å². The van der Waals surface area contributed by atoms with E-state index >= 15 is 0 Å². The first kappa shape index (κ1) is 14.4. The van der Waals surface area contributed by atoms with Gasteiger partial charge in [-0.2, -0.15) is 12.6 Å². The average molecular weight is 258 g/mol. The van der Waals surface area contributed by atoms with Gasteiger partial charge in [0.2, 0.25) is 0 Å². The largest absolute Gasteiger partial charge is 0.336 e. The molecular weight excluding hydrogens is 236 g/mol. The van der Waals surface area contributed by atoms with Crippen LogP contribution in [0, 0.1) is 5.41 Å². The maximum atomic E-state index is 11.9. The van der Waals surface area contributed by atoms with Crippen LogP contribution in [0.5, 0.6) is 0 Å². The first-order valence-electron chi connectivity index (χ1n) is 6.15. The minimum atomic E-state index is -0.392. The van der Waals surface area contributed by atoms with Gasteiger partial charge in [0.25, 0.3) is 0 Å². The van der Waals surface area contributed by atoms with Crippen LogP contribution in [0.2, 0.25) is 0 Å². The van der Waals surface area contributed by atoms with Crippen molar-refractivity contribution in [1.82, 2.24) is 9.80 Å². The Hall–Kier alpha value is -0.710. The van der Waals surface area contributed by atoms with Gasteiger partial charge in [-0.15, -0.1) is 0 Å². The van der Waals surface area contributed by atoms with Crippen LogP contribution in [0.4, 0.5) is 0 Å². The first-order valence-corrected chi connectivity index (χ1v) is 6.78. The number of rotatable bonds is 5. The van der Waals surface area contributed by atoms with Crippen molar-refractivity contribution >= 4 is 24.4 Å². The van der Waals surface area contributed by atoms with Gasteiger partial charge in [0.05, 0.1) is 0 Å². The molecule has 0 aromatic rings. The molecule has 0 saturated carbocycles. The normalized spacial score (nSPS) is 17.9. The zero-order valence-electron chi connectivity index (χ0n) is 10.9. The van der Waals surface area contributed by atoms with Gasteiger partial charge in [-0.25, -0.2) is 0 Å². The predicted molar refractivity (Wildman–Crippen MR) is 71.1 cm³/mol. The molecule has 17 heavy (non-hydrogen) atoms. The van der Waals surface area contributed by atoms with Gasteiger partial charge in [0.15, 0.2) is 0 Å². The van der Waals surface area contributed by atoms with Crippen LogP contribution < -0.4 is 0 Å². The number of carbonyl (C=O) groups excluding carboxylic acids is 2. The number of nitrogens with zero attached hydrogens (tertiary/aromatic N) is 2. The van der Waals surface area contributed by atoms with E-state index in [0.717, 1.165) is 18.6 Å². The van der Waals surface area contributed by atoms with Gasteiger partial charge in [-0.05, 0) is 24.0 Å². The van der Waals surface area contributed by atoms with Crippen LogP contribution in [0.25, 0.3) is 0 Å². The zero-order chi connectivity index (χ0) is 13.1. The van der Waals surface area contributed by atoms with Gasteiger partial charge in [-0.3, -0.25) is 9.59 Å². The second-order valence-corrected chi connectivity index (χ2v) is 5.13. The molecule has 0 aromatic carbocycles. The molecule has 2 amide bonds. The number of likely N-dealkylation sites (N-methyl/N-ethyl adjacent to an activating group) is 1. The van der Waals surface area contributed by atoms with E-state index < -0.39 is 5.91 Å². The topological polar surface area (TPSA) is 40.6 Å². The summed E-state index contributed by atoms with van der Waals surface area (Å²) in [5.74, 6) is -0.0169. The molecule has 0 unspecified atom stereocenters. The van der Waals surface area contributed by atoms with E-state index in [1.807, 2.05) is 0 Å². The molecule has 1 saturated heterocycles. The molecule has 0 aromatic heterocycles. The fraction of sp³-hybridized carbons (Fsp3) is 0.833. The Morgan fingerprint density at radius 1 is 1.18 bits per heavy atom. The van der Waals surface area contributed by atoms with Gasteiger partial charge < -0.3 is 9.80 Å². The van der Waals surface area contributed by atoms with Gasteiger partial charge in [0.1, 0.15) is 0 Å². The summed E-state index contributed by atoms with van der Waals surface area (Å²) in [5, 5.41) is 0. The molecular formula is C12H22N2O2S. The highest BCUT2D eigenvalue weighted by molar-refractivity contribution is 7.80. The summed E-state index contributed by atoms with van der Waals surface area (Å²) in [7, 11) is 1.67. The first-order chi connectivity index (χ1) is 7.99. The van der Waals surface area contributed by atoms with Crippen molar-refractivity contribution in [3.63, 3.8) is 0 Å². The summed E-state index contributed by atoms with van der Waals surface area (Å²) in [6.45, 7) is 6.13. The molecule has 0 atom stereocenters. The van der Waals surface area contributed by atoms with Crippen LogP contribution in [0.15, 0.2) is 0 Å². The fourth-order valence-electron chi connectivity index (χ4n) is 2.08. The zero-order valence-corrected chi connectivity index (χ0v) is 11.8. The molecule has 1 fully saturated rings. The van der Waals surface area contributed by atoms with Crippen molar-refractivity contribution in [2.24, 2.45) is 5.41 Å². The number of amides is 2. The van der Waals surface area contributed by atoms with Crippen LogP contribution in [-0.4, -0.2) is 54.0 Å². The minimum absolute atomic E-state index is 0.0367. The highest BCUT2D eigenvalue weighted by Gasteiger charge is 2.35. The monoisotopic (exact) mass is 258 g/mol. The van der Waals surface area contributed by atoms with Gasteiger partial charge in [0, 0.05) is 26.7 Å². The molecule has 5 heteroatoms. The highest BCUT2D eigenvalue weighted by atomic mass is 32.1. The Balaban J connectivity index is 2.74. The maximum absolute atomic E-state index is 11.9. The van der Waals surface area contributed by atoms with Crippen LogP contribution >= 0.6 is 12.6 Å². The Labute approximate surface area is 109 Å². The lowest BCUT2D eigenvalue weighted by molar-refractivity contribution is -0.156. The Morgan fingerprint density at radius 2 is 1.76 bits per heavy atom. The summed E-state index contributed by atoms with van der Waals surface area (Å²) in [6, 6.07) is 0. The Bertz CT molecular complexity index is 295. The summed E-state index contributed by atoms with van der Waals surface area (Å²) in [4.78, 5) is 26.6. The molecule has 0 bridgehead atoms. The van der Waals surface area contributed by atoms with Crippen LogP contribution in [0.3, 0.4) is 0 Å². The van der Waals surface area contributed by atoms with Gasteiger partial charge in [-0.1, -0.05) is 13.8 Å². The van der Waals surface area contributed by atoms with Crippen molar-refractivity contribution in [2.45, 2.75) is 26.7 Å². The fourth-order valence-corrected chi connectivity index (χ4v) is 2.62. The Kier molecular flexibility index (Phi) is 4.86. The van der Waals surface area contributed by atoms with Crippen molar-refractivity contribution in [3.8, 4) is 0 Å². The van der Waals surface area contributed by atoms with Gasteiger partial charge >= 0.3 is 11.8 Å². The van der Waals surface area contributed by atoms with Crippen molar-refractivity contribution in [3.05, 3.63) is 0 Å². The Morgan fingerprint density at radius 3 is 2.24 bits per heavy atom. The molecule has 0 spiro atoms. The lowest BCUT2D eigenvalue weighted by atomic mass is 9.83. The molecule has 0 N–H and O–H groups in total. The minimum Gasteiger partial charge on any atom is -0.336 e. The quantitative estimate of drug-likeness (QED) is 0.591. The lowest BCUT2D eigenvalue weighted by Gasteiger charge is -2.39. The van der Waals surface area contributed by atoms with E-state index in [1.165, 1.54) is 4.90 Å². The third-order valence-corrected chi connectivity index (χ3v) is 4.55. The summed E-state index contributed by atoms with van der Waals surface area (Å²) < 4.78 is 0. The number of carbonyl (C=O) groups is 2. The SMILES string of the molecule is CCC(CC)(CS)CN1CCN(C)C(=O)C1=O. The predicted octanol–water partition coefficient (Wildman–Crippen LogP) is 1.02. The second-order valence-electron chi connectivity index (χ2n) is 4.82. The standard InChI is InChI=1S/C12H22N2O2S/c1-4-12(5-2,9-17)8-14-7-6-13(3)10(15)11(14)16/h17H,4-9H2,1-3H3. The molecule has 98 valence electrons. The molecule has 1 aliphatic heterocycles. The third kappa shape index (κ3) is 2.94. The second kappa shape index (κ2) is 5.76. The molecule has 0 aliphatic carbocycles. The number of hydrogen-bond donors (Lipinski definition) is 1. The smallest absolute Gasteiger partial charge is 0.312 e. The molecule has 1 heterocycles. The van der Waals surface area contributed by atoms with Crippen molar-refractivity contribution in [2.75, 3.05) is 32.4 Å². The highest BCUT2D eigenvalue weighted by Crippen LogP contribution is 2.29. The number of piperazine rings is 1. The van der Waals surface area contributed by atoms with E-state index in [4.69, 9.17) is 0 Å². The van der Waals surface area contributed by atoms with E-state index in [-0.39, 0.29) is 11.3 Å². The molecule has 4 nitrogen and oxygen atoms in total. The van der Waals surface area contributed by atoms with E-state index in [0.29, 0.717) is 19.6 Å². The van der Waals surface area contributed by atoms with Crippen molar-refractivity contribution in [1.29, 1.82) is 0 Å². The van der Waals surface area contributed by atoms with E-state index in [1.54, 1.807) is 11.9 Å². The van der Waals surface area contributed by atoms with E-state index in [9.17, 15) is 9.59 Å². The molecule has 1 aliphatic rings. The van der Waals surface area contributed by atoms with Crippen LogP contribution in [0.1, 0.15) is 26.7 Å². The maximum Gasteiger partial charge on any atom is 0.312 e.